The summed E-state index contributed by atoms with van der Waals surface area (Å²) in [5.41, 5.74) is 6.11. The molecule has 6 heteroatoms. The summed E-state index contributed by atoms with van der Waals surface area (Å²) < 4.78 is 0. The number of carbonyl (C=O) groups is 1. The lowest BCUT2D eigenvalue weighted by atomic mass is 9.79. The monoisotopic (exact) mass is 335 g/mol. The van der Waals surface area contributed by atoms with Crippen molar-refractivity contribution in [2.24, 2.45) is 11.1 Å². The zero-order valence-electron chi connectivity index (χ0n) is 13.3. The Morgan fingerprint density at radius 1 is 1.35 bits per heavy atom. The molecule has 1 amide bonds. The number of fused-ring (bicyclic) bond motifs is 1. The van der Waals surface area contributed by atoms with Crippen molar-refractivity contribution < 1.29 is 4.79 Å². The molecule has 2 heterocycles. The highest BCUT2D eigenvalue weighted by Gasteiger charge is 2.35. The molecule has 1 atom stereocenters. The van der Waals surface area contributed by atoms with Gasteiger partial charge in [-0.2, -0.15) is 0 Å². The van der Waals surface area contributed by atoms with Gasteiger partial charge in [0.05, 0.1) is 0 Å². The van der Waals surface area contributed by atoms with E-state index < -0.39 is 0 Å². The van der Waals surface area contributed by atoms with Gasteiger partial charge in [-0.1, -0.05) is 32.0 Å². The lowest BCUT2D eigenvalue weighted by Gasteiger charge is -2.42. The third kappa shape index (κ3) is 3.26. The number of nitrogens with one attached hydrogen (secondary N) is 1. The number of rotatable bonds is 1. The number of carbonyl (C=O) groups excluding carboxylic acids is 1. The van der Waals surface area contributed by atoms with Crippen LogP contribution in [-0.2, 0) is 0 Å². The Balaban J connectivity index is 0.00000192. The smallest absolute Gasteiger partial charge is 0.270 e. The van der Waals surface area contributed by atoms with Crippen LogP contribution in [0.5, 0.6) is 0 Å². The van der Waals surface area contributed by atoms with Gasteiger partial charge < -0.3 is 15.6 Å². The van der Waals surface area contributed by atoms with Crippen LogP contribution in [0.15, 0.2) is 35.1 Å². The number of H-pyrrole nitrogens is 1. The number of nitrogens with two attached hydrogens (primary N) is 1. The first-order valence-corrected chi connectivity index (χ1v) is 7.55. The molecule has 1 aliphatic rings. The zero-order valence-corrected chi connectivity index (χ0v) is 14.2. The average molecular weight is 336 g/mol. The fourth-order valence-electron chi connectivity index (χ4n) is 3.04. The van der Waals surface area contributed by atoms with Crippen LogP contribution in [0.2, 0.25) is 0 Å². The van der Waals surface area contributed by atoms with Crippen LogP contribution in [-0.4, -0.2) is 34.9 Å². The molecule has 0 spiro atoms. The first kappa shape index (κ1) is 17.5. The van der Waals surface area contributed by atoms with Gasteiger partial charge in [0.1, 0.15) is 5.69 Å². The topological polar surface area (TPSA) is 79.2 Å². The molecule has 0 aliphatic carbocycles. The number of piperidine rings is 1. The second-order valence-electron chi connectivity index (χ2n) is 6.71. The molecule has 1 aromatic carbocycles. The van der Waals surface area contributed by atoms with E-state index in [1.165, 1.54) is 0 Å². The minimum absolute atomic E-state index is 0. The molecular formula is C17H22ClN3O2. The molecule has 1 fully saturated rings. The van der Waals surface area contributed by atoms with Gasteiger partial charge in [0.25, 0.3) is 11.5 Å². The van der Waals surface area contributed by atoms with Crippen LogP contribution in [0.25, 0.3) is 10.8 Å². The van der Waals surface area contributed by atoms with Crippen molar-refractivity contribution in [1.29, 1.82) is 0 Å². The lowest BCUT2D eigenvalue weighted by Crippen LogP contribution is -2.54. The maximum absolute atomic E-state index is 12.7. The Morgan fingerprint density at radius 2 is 2.04 bits per heavy atom. The van der Waals surface area contributed by atoms with Crippen LogP contribution < -0.4 is 11.3 Å². The fourth-order valence-corrected chi connectivity index (χ4v) is 3.04. The highest BCUT2D eigenvalue weighted by Crippen LogP contribution is 2.28. The van der Waals surface area contributed by atoms with E-state index in [2.05, 4.69) is 18.8 Å². The van der Waals surface area contributed by atoms with Gasteiger partial charge in [-0.15, -0.1) is 12.4 Å². The summed E-state index contributed by atoms with van der Waals surface area (Å²) in [5.74, 6) is -0.136. The number of halogens is 1. The van der Waals surface area contributed by atoms with Crippen molar-refractivity contribution >= 4 is 29.1 Å². The second-order valence-corrected chi connectivity index (χ2v) is 6.71. The van der Waals surface area contributed by atoms with Crippen molar-refractivity contribution in [2.75, 3.05) is 13.1 Å². The first-order chi connectivity index (χ1) is 10.4. The van der Waals surface area contributed by atoms with Crippen molar-refractivity contribution in [3.63, 3.8) is 0 Å². The minimum Gasteiger partial charge on any atom is -0.337 e. The molecule has 3 rings (SSSR count). The maximum atomic E-state index is 12.7. The largest absolute Gasteiger partial charge is 0.337 e. The van der Waals surface area contributed by atoms with Crippen molar-refractivity contribution in [3.05, 3.63) is 46.4 Å². The summed E-state index contributed by atoms with van der Waals surface area (Å²) in [6, 6.07) is 9.11. The number of hydrogen-bond donors (Lipinski definition) is 2. The lowest BCUT2D eigenvalue weighted by molar-refractivity contribution is 0.0527. The van der Waals surface area contributed by atoms with E-state index in [-0.39, 0.29) is 35.3 Å². The van der Waals surface area contributed by atoms with Crippen LogP contribution >= 0.6 is 12.4 Å². The zero-order chi connectivity index (χ0) is 15.9. The highest BCUT2D eigenvalue weighted by molar-refractivity contribution is 5.96. The van der Waals surface area contributed by atoms with Crippen molar-refractivity contribution in [1.82, 2.24) is 9.88 Å². The number of pyridine rings is 1. The first-order valence-electron chi connectivity index (χ1n) is 7.55. The van der Waals surface area contributed by atoms with Gasteiger partial charge in [0.15, 0.2) is 0 Å². The fraction of sp³-hybridized carbons (Fsp3) is 0.412. The molecule has 0 bridgehead atoms. The van der Waals surface area contributed by atoms with E-state index >= 15 is 0 Å². The summed E-state index contributed by atoms with van der Waals surface area (Å²) in [6.07, 6.45) is 0.774. The van der Waals surface area contributed by atoms with E-state index in [9.17, 15) is 9.59 Å². The summed E-state index contributed by atoms with van der Waals surface area (Å²) >= 11 is 0. The molecule has 1 aromatic heterocycles. The SMILES string of the molecule is CC1(C)CN(C(=O)c2cc3ccccc3c(=O)[nH]2)CCC1N.Cl. The molecule has 1 saturated heterocycles. The number of nitrogens with zero attached hydrogens (tertiary/aromatic N) is 1. The number of aromatic nitrogens is 1. The number of amides is 1. The van der Waals surface area contributed by atoms with E-state index in [1.807, 2.05) is 18.2 Å². The van der Waals surface area contributed by atoms with Crippen molar-refractivity contribution in [3.8, 4) is 0 Å². The van der Waals surface area contributed by atoms with Crippen molar-refractivity contribution in [2.45, 2.75) is 26.3 Å². The number of hydrogen-bond acceptors (Lipinski definition) is 3. The van der Waals surface area contributed by atoms with Gasteiger partial charge in [-0.25, -0.2) is 0 Å². The van der Waals surface area contributed by atoms with E-state index in [4.69, 9.17) is 5.73 Å². The van der Waals surface area contributed by atoms with E-state index in [0.717, 1.165) is 11.8 Å². The van der Waals surface area contributed by atoms with Gasteiger partial charge in [-0.05, 0) is 29.4 Å². The van der Waals surface area contributed by atoms with Crippen LogP contribution in [0.4, 0.5) is 0 Å². The van der Waals surface area contributed by atoms with Crippen LogP contribution in [0.1, 0.15) is 30.8 Å². The van der Waals surface area contributed by atoms with Gasteiger partial charge in [-0.3, -0.25) is 9.59 Å². The quantitative estimate of drug-likeness (QED) is 0.838. The van der Waals surface area contributed by atoms with E-state index in [1.54, 1.807) is 17.0 Å². The normalized spacial score (nSPS) is 20.1. The summed E-state index contributed by atoms with van der Waals surface area (Å²) in [4.78, 5) is 29.3. The number of likely N-dealkylation sites (tertiary alicyclic amines) is 1. The van der Waals surface area contributed by atoms with Crippen LogP contribution in [0, 0.1) is 5.41 Å². The molecular weight excluding hydrogens is 314 g/mol. The van der Waals surface area contributed by atoms with Gasteiger partial charge in [0, 0.05) is 24.5 Å². The summed E-state index contributed by atoms with van der Waals surface area (Å²) in [7, 11) is 0. The summed E-state index contributed by atoms with van der Waals surface area (Å²) in [5, 5.41) is 1.38. The molecule has 2 aromatic rings. The molecule has 23 heavy (non-hydrogen) atoms. The minimum atomic E-state index is -0.227. The molecule has 1 aliphatic heterocycles. The Labute approximate surface area is 141 Å². The average Bonchev–Trinajstić information content (AvgIpc) is 2.49. The second kappa shape index (κ2) is 6.34. The third-order valence-electron chi connectivity index (χ3n) is 4.58. The molecule has 5 nitrogen and oxygen atoms in total. The Hall–Kier alpha value is -1.85. The number of benzene rings is 1. The standard InChI is InChI=1S/C17H21N3O2.ClH/c1-17(2)10-20(8-7-14(17)18)16(22)13-9-11-5-3-4-6-12(11)15(21)19-13;/h3-6,9,14H,7-8,10,18H2,1-2H3,(H,19,21);1H. The van der Waals surface area contributed by atoms with Crippen LogP contribution in [0.3, 0.4) is 0 Å². The van der Waals surface area contributed by atoms with Gasteiger partial charge in [0.2, 0.25) is 0 Å². The Bertz CT molecular complexity index is 785. The summed E-state index contributed by atoms with van der Waals surface area (Å²) in [6.45, 7) is 5.36. The maximum Gasteiger partial charge on any atom is 0.270 e. The third-order valence-corrected chi connectivity index (χ3v) is 4.58. The van der Waals surface area contributed by atoms with E-state index in [0.29, 0.717) is 24.2 Å². The van der Waals surface area contributed by atoms with Gasteiger partial charge >= 0.3 is 0 Å². The molecule has 124 valence electrons. The number of aromatic amines is 1. The predicted molar refractivity (Wildman–Crippen MR) is 94.1 cm³/mol. The molecule has 0 radical (unpaired) electrons. The Kier molecular flexibility index (Phi) is 4.82. The predicted octanol–water partition coefficient (Wildman–Crippen LogP) is 2.15. The molecule has 3 N–H and O–H groups in total. The molecule has 0 saturated carbocycles. The molecule has 1 unspecified atom stereocenters. The Morgan fingerprint density at radius 3 is 2.74 bits per heavy atom. The highest BCUT2D eigenvalue weighted by atomic mass is 35.5.